The number of esters is 1. The van der Waals surface area contributed by atoms with Gasteiger partial charge in [0.2, 0.25) is 0 Å². The Bertz CT molecular complexity index is 659. The van der Waals surface area contributed by atoms with E-state index < -0.39 is 0 Å². The van der Waals surface area contributed by atoms with E-state index in [0.29, 0.717) is 17.9 Å². The van der Waals surface area contributed by atoms with Crippen LogP contribution in [0.1, 0.15) is 40.9 Å². The minimum atomic E-state index is -0.364. The van der Waals surface area contributed by atoms with E-state index in [4.69, 9.17) is 9.15 Å². The van der Waals surface area contributed by atoms with Crippen LogP contribution in [0.2, 0.25) is 0 Å². The summed E-state index contributed by atoms with van der Waals surface area (Å²) in [5, 5.41) is 3.57. The highest BCUT2D eigenvalue weighted by molar-refractivity contribution is 9.10. The summed E-state index contributed by atoms with van der Waals surface area (Å²) in [4.78, 5) is 11.7. The van der Waals surface area contributed by atoms with Crippen LogP contribution in [0.5, 0.6) is 0 Å². The highest BCUT2D eigenvalue weighted by Gasteiger charge is 2.38. The predicted octanol–water partition coefficient (Wildman–Crippen LogP) is 4.00. The van der Waals surface area contributed by atoms with Crippen LogP contribution >= 0.6 is 15.9 Å². The lowest BCUT2D eigenvalue weighted by molar-refractivity contribution is 0.0597. The molecule has 0 unspecified atom stereocenters. The summed E-state index contributed by atoms with van der Waals surface area (Å²) < 4.78 is 11.3. The minimum absolute atomic E-state index is 0.0269. The van der Waals surface area contributed by atoms with Gasteiger partial charge in [0.25, 0.3) is 0 Å². The molecule has 22 heavy (non-hydrogen) atoms. The molecular weight excluding hydrogens is 346 g/mol. The smallest absolute Gasteiger partial charge is 0.341 e. The highest BCUT2D eigenvalue weighted by Crippen LogP contribution is 2.41. The van der Waals surface area contributed by atoms with Crippen LogP contribution in [0.25, 0.3) is 0 Å². The number of furan rings is 1. The fourth-order valence-corrected chi connectivity index (χ4v) is 3.15. The van der Waals surface area contributed by atoms with Crippen molar-refractivity contribution in [2.24, 2.45) is 0 Å². The summed E-state index contributed by atoms with van der Waals surface area (Å²) in [7, 11) is 1.38. The van der Waals surface area contributed by atoms with Gasteiger partial charge in [-0.25, -0.2) is 4.79 Å². The molecule has 1 fully saturated rings. The Balaban J connectivity index is 1.76. The van der Waals surface area contributed by atoms with Crippen molar-refractivity contribution in [2.75, 3.05) is 7.11 Å². The van der Waals surface area contributed by atoms with Gasteiger partial charge in [0.1, 0.15) is 11.3 Å². The van der Waals surface area contributed by atoms with Gasteiger partial charge in [0, 0.05) is 10.0 Å². The van der Waals surface area contributed by atoms with Gasteiger partial charge in [0.15, 0.2) is 0 Å². The topological polar surface area (TPSA) is 51.5 Å². The Labute approximate surface area is 138 Å². The van der Waals surface area contributed by atoms with E-state index in [2.05, 4.69) is 45.5 Å². The van der Waals surface area contributed by atoms with E-state index in [-0.39, 0.29) is 11.5 Å². The van der Waals surface area contributed by atoms with E-state index in [0.717, 1.165) is 17.3 Å². The van der Waals surface area contributed by atoms with Crippen LogP contribution in [0.4, 0.5) is 0 Å². The van der Waals surface area contributed by atoms with Crippen LogP contribution in [0.15, 0.2) is 45.5 Å². The maximum absolute atomic E-state index is 11.7. The Morgan fingerprint density at radius 3 is 2.64 bits per heavy atom. The average molecular weight is 364 g/mol. The van der Waals surface area contributed by atoms with Gasteiger partial charge >= 0.3 is 5.97 Å². The molecule has 4 nitrogen and oxygen atoms in total. The molecule has 3 rings (SSSR count). The molecule has 1 heterocycles. The molecule has 0 atom stereocenters. The first-order valence-corrected chi connectivity index (χ1v) is 8.10. The van der Waals surface area contributed by atoms with Crippen molar-refractivity contribution < 1.29 is 13.9 Å². The lowest BCUT2D eigenvalue weighted by atomic mass is 9.72. The molecule has 5 heteroatoms. The number of halogens is 1. The van der Waals surface area contributed by atoms with Crippen molar-refractivity contribution >= 4 is 21.9 Å². The number of carbonyl (C=O) groups excluding carboxylic acids is 1. The van der Waals surface area contributed by atoms with Crippen molar-refractivity contribution in [1.29, 1.82) is 0 Å². The van der Waals surface area contributed by atoms with Gasteiger partial charge in [-0.05, 0) is 43.0 Å². The Morgan fingerprint density at radius 2 is 2.05 bits per heavy atom. The lowest BCUT2D eigenvalue weighted by Crippen LogP contribution is -2.47. The van der Waals surface area contributed by atoms with Crippen molar-refractivity contribution in [2.45, 2.75) is 31.3 Å². The Morgan fingerprint density at radius 1 is 1.32 bits per heavy atom. The van der Waals surface area contributed by atoms with E-state index in [1.807, 2.05) is 0 Å². The zero-order chi connectivity index (χ0) is 15.6. The molecule has 0 amide bonds. The van der Waals surface area contributed by atoms with Crippen molar-refractivity contribution in [3.63, 3.8) is 0 Å². The number of benzene rings is 1. The molecule has 1 N–H and O–H groups in total. The SMILES string of the molecule is COC(=O)c1ccoc1CNC1(c2ccc(Br)cc2)CCC1. The lowest BCUT2D eigenvalue weighted by Gasteiger charge is -2.43. The number of carbonyl (C=O) groups is 1. The van der Waals surface area contributed by atoms with Gasteiger partial charge in [-0.15, -0.1) is 0 Å². The maximum atomic E-state index is 11.7. The van der Waals surface area contributed by atoms with Gasteiger partial charge in [-0.2, -0.15) is 0 Å². The van der Waals surface area contributed by atoms with Crippen LogP contribution in [0, 0.1) is 0 Å². The van der Waals surface area contributed by atoms with Crippen LogP contribution in [-0.2, 0) is 16.8 Å². The van der Waals surface area contributed by atoms with E-state index in [1.54, 1.807) is 6.07 Å². The summed E-state index contributed by atoms with van der Waals surface area (Å²) in [6, 6.07) is 10.0. The predicted molar refractivity (Wildman–Crippen MR) is 86.6 cm³/mol. The summed E-state index contributed by atoms with van der Waals surface area (Å²) in [6.45, 7) is 0.507. The number of nitrogens with one attached hydrogen (secondary N) is 1. The van der Waals surface area contributed by atoms with Crippen molar-refractivity contribution in [1.82, 2.24) is 5.32 Å². The molecule has 0 saturated heterocycles. The summed E-state index contributed by atoms with van der Waals surface area (Å²) in [5.74, 6) is 0.257. The molecule has 0 radical (unpaired) electrons. The first-order valence-electron chi connectivity index (χ1n) is 7.30. The maximum Gasteiger partial charge on any atom is 0.341 e. The molecule has 0 bridgehead atoms. The van der Waals surface area contributed by atoms with Gasteiger partial charge in [0.05, 0.1) is 19.9 Å². The summed E-state index contributed by atoms with van der Waals surface area (Å²) >= 11 is 3.47. The largest absolute Gasteiger partial charge is 0.467 e. The third-order valence-electron chi connectivity index (χ3n) is 4.34. The third-order valence-corrected chi connectivity index (χ3v) is 4.87. The van der Waals surface area contributed by atoms with Crippen LogP contribution in [0.3, 0.4) is 0 Å². The number of hydrogen-bond donors (Lipinski definition) is 1. The zero-order valence-corrected chi connectivity index (χ0v) is 14.0. The number of rotatable bonds is 5. The molecule has 0 aliphatic heterocycles. The summed E-state index contributed by atoms with van der Waals surface area (Å²) in [6.07, 6.45) is 4.90. The molecule has 2 aromatic rings. The fourth-order valence-electron chi connectivity index (χ4n) is 2.89. The standard InChI is InChI=1S/C17H18BrNO3/c1-21-16(20)14-7-10-22-15(14)11-19-17(8-2-9-17)12-3-5-13(18)6-4-12/h3-7,10,19H,2,8-9,11H2,1H3. The van der Waals surface area contributed by atoms with E-state index in [1.165, 1.54) is 25.4 Å². The molecule has 1 aliphatic rings. The number of methoxy groups -OCH3 is 1. The Kier molecular flexibility index (Phi) is 4.36. The first-order chi connectivity index (χ1) is 10.6. The van der Waals surface area contributed by atoms with E-state index >= 15 is 0 Å². The Hall–Kier alpha value is -1.59. The van der Waals surface area contributed by atoms with Gasteiger partial charge < -0.3 is 14.5 Å². The molecular formula is C17H18BrNO3. The molecule has 1 aliphatic carbocycles. The second-order valence-electron chi connectivity index (χ2n) is 5.55. The van der Waals surface area contributed by atoms with E-state index in [9.17, 15) is 4.79 Å². The molecule has 1 saturated carbocycles. The average Bonchev–Trinajstić information content (AvgIpc) is 2.95. The number of hydrogen-bond acceptors (Lipinski definition) is 4. The normalized spacial score (nSPS) is 16.1. The molecule has 0 spiro atoms. The van der Waals surface area contributed by atoms with Crippen molar-refractivity contribution in [3.8, 4) is 0 Å². The van der Waals surface area contributed by atoms with Gasteiger partial charge in [-0.3, -0.25) is 0 Å². The zero-order valence-electron chi connectivity index (χ0n) is 12.4. The van der Waals surface area contributed by atoms with Crippen molar-refractivity contribution in [3.05, 3.63) is 58.0 Å². The first kappa shape index (κ1) is 15.3. The fraction of sp³-hybridized carbons (Fsp3) is 0.353. The third kappa shape index (κ3) is 2.83. The molecule has 1 aromatic heterocycles. The minimum Gasteiger partial charge on any atom is -0.467 e. The van der Waals surface area contributed by atoms with Gasteiger partial charge in [-0.1, -0.05) is 28.1 Å². The number of ether oxygens (including phenoxy) is 1. The monoisotopic (exact) mass is 363 g/mol. The quantitative estimate of drug-likeness (QED) is 0.815. The second-order valence-corrected chi connectivity index (χ2v) is 6.46. The van der Waals surface area contributed by atoms with Crippen LogP contribution in [-0.4, -0.2) is 13.1 Å². The summed E-state index contributed by atoms with van der Waals surface area (Å²) in [5.41, 5.74) is 1.73. The van der Waals surface area contributed by atoms with Crippen LogP contribution < -0.4 is 5.32 Å². The molecule has 1 aromatic carbocycles. The second kappa shape index (κ2) is 6.26. The highest BCUT2D eigenvalue weighted by atomic mass is 79.9. The molecule has 116 valence electrons.